The second-order valence-electron chi connectivity index (χ2n) is 10.5. The molecule has 0 atom stereocenters. The number of hydrogen-bond acceptors (Lipinski definition) is 3. The van der Waals surface area contributed by atoms with Crippen molar-refractivity contribution in [3.05, 3.63) is 94.3 Å². The summed E-state index contributed by atoms with van der Waals surface area (Å²) in [5, 5.41) is 0. The summed E-state index contributed by atoms with van der Waals surface area (Å²) >= 11 is 0. The van der Waals surface area contributed by atoms with Gasteiger partial charge in [0.25, 0.3) is 5.91 Å². The summed E-state index contributed by atoms with van der Waals surface area (Å²) in [5.41, 5.74) is 5.90. The quantitative estimate of drug-likeness (QED) is 0.306. The van der Waals surface area contributed by atoms with Gasteiger partial charge in [0.05, 0.1) is 23.4 Å². The highest BCUT2D eigenvalue weighted by Gasteiger charge is 2.34. The lowest BCUT2D eigenvalue weighted by atomic mass is 9.86. The van der Waals surface area contributed by atoms with E-state index in [4.69, 9.17) is 5.73 Å². The number of hydrogen-bond donors (Lipinski definition) is 1. The van der Waals surface area contributed by atoms with E-state index in [1.54, 1.807) is 6.92 Å². The van der Waals surface area contributed by atoms with Crippen molar-refractivity contribution in [1.29, 1.82) is 0 Å². The molecule has 4 rings (SSSR count). The maximum Gasteiger partial charge on any atom is 0.416 e. The van der Waals surface area contributed by atoms with Crippen LogP contribution in [-0.2, 0) is 24.1 Å². The zero-order valence-electron chi connectivity index (χ0n) is 22.5. The van der Waals surface area contributed by atoms with E-state index in [1.807, 2.05) is 30.3 Å². The van der Waals surface area contributed by atoms with E-state index in [0.717, 1.165) is 43.7 Å². The fraction of sp³-hybridized carbons (Fsp3) is 0.387. The molecule has 0 aliphatic heterocycles. The van der Waals surface area contributed by atoms with E-state index in [-0.39, 0.29) is 54.0 Å². The second kappa shape index (κ2) is 12.5. The van der Waals surface area contributed by atoms with E-state index < -0.39 is 23.4 Å². The van der Waals surface area contributed by atoms with Crippen molar-refractivity contribution in [1.82, 2.24) is 9.47 Å². The minimum atomic E-state index is -4.59. The van der Waals surface area contributed by atoms with Crippen LogP contribution in [0, 0.1) is 12.8 Å². The molecule has 0 radical (unpaired) electrons. The third-order valence-corrected chi connectivity index (χ3v) is 7.66. The minimum Gasteiger partial charge on any atom is -0.366 e. The molecule has 1 fully saturated rings. The number of alkyl halides is 3. The molecule has 3 aromatic rings. The third-order valence-electron chi connectivity index (χ3n) is 7.66. The van der Waals surface area contributed by atoms with Crippen LogP contribution in [0.2, 0.25) is 0 Å². The van der Waals surface area contributed by atoms with Gasteiger partial charge >= 0.3 is 6.18 Å². The largest absolute Gasteiger partial charge is 0.416 e. The van der Waals surface area contributed by atoms with Crippen LogP contribution in [0.25, 0.3) is 0 Å². The molecular weight excluding hydrogens is 519 g/mol. The number of benzene rings is 2. The molecule has 1 heterocycles. The molecule has 0 unspecified atom stereocenters. The first kappa shape index (κ1) is 29.1. The molecule has 0 saturated heterocycles. The predicted octanol–water partition coefficient (Wildman–Crippen LogP) is 6.14. The topological polar surface area (TPSA) is 85.4 Å². The Morgan fingerprint density at radius 3 is 2.27 bits per heavy atom. The molecule has 9 heteroatoms. The Bertz CT molecular complexity index is 1360. The zero-order chi connectivity index (χ0) is 28.9. The molecular formula is C31H34F3N3O3. The zero-order valence-corrected chi connectivity index (χ0v) is 22.5. The van der Waals surface area contributed by atoms with Crippen molar-refractivity contribution in [3.8, 4) is 0 Å². The number of amides is 2. The average molecular weight is 554 g/mol. The fourth-order valence-electron chi connectivity index (χ4n) is 5.49. The molecule has 1 aromatic heterocycles. The summed E-state index contributed by atoms with van der Waals surface area (Å²) in [7, 11) is 0. The number of halogens is 3. The summed E-state index contributed by atoms with van der Waals surface area (Å²) in [6.45, 7) is 1.20. The predicted molar refractivity (Wildman–Crippen MR) is 146 cm³/mol. The first-order valence-electron chi connectivity index (χ1n) is 13.5. The van der Waals surface area contributed by atoms with Gasteiger partial charge in [0.2, 0.25) is 5.91 Å². The monoisotopic (exact) mass is 553 g/mol. The number of primary amides is 1. The molecule has 6 nitrogen and oxygen atoms in total. The van der Waals surface area contributed by atoms with Gasteiger partial charge in [-0.25, -0.2) is 0 Å². The van der Waals surface area contributed by atoms with Gasteiger partial charge in [0.15, 0.2) is 5.78 Å². The maximum absolute atomic E-state index is 13.7. The smallest absolute Gasteiger partial charge is 0.366 e. The lowest BCUT2D eigenvalue weighted by molar-refractivity contribution is -0.138. The van der Waals surface area contributed by atoms with Crippen LogP contribution in [0.4, 0.5) is 13.2 Å². The molecule has 2 aromatic carbocycles. The molecule has 1 aliphatic rings. The Balaban J connectivity index is 1.66. The molecule has 2 amide bonds. The van der Waals surface area contributed by atoms with Crippen LogP contribution >= 0.6 is 0 Å². The van der Waals surface area contributed by atoms with Gasteiger partial charge < -0.3 is 15.2 Å². The minimum absolute atomic E-state index is 0.0341. The van der Waals surface area contributed by atoms with Gasteiger partial charge in [0.1, 0.15) is 0 Å². The summed E-state index contributed by atoms with van der Waals surface area (Å²) in [5.74, 6) is -1.14. The fourth-order valence-corrected chi connectivity index (χ4v) is 5.49. The van der Waals surface area contributed by atoms with Gasteiger partial charge in [0, 0.05) is 25.2 Å². The van der Waals surface area contributed by atoms with Crippen molar-refractivity contribution in [2.45, 2.75) is 64.7 Å². The number of ketones is 1. The average Bonchev–Trinajstić information content (AvgIpc) is 3.25. The van der Waals surface area contributed by atoms with Crippen LogP contribution < -0.4 is 5.73 Å². The molecule has 1 saturated carbocycles. The lowest BCUT2D eigenvalue weighted by Gasteiger charge is -2.27. The maximum atomic E-state index is 13.7. The van der Waals surface area contributed by atoms with E-state index in [1.165, 1.54) is 33.7 Å². The Kier molecular flexibility index (Phi) is 9.12. The van der Waals surface area contributed by atoms with Crippen LogP contribution in [0.3, 0.4) is 0 Å². The van der Waals surface area contributed by atoms with Gasteiger partial charge in [-0.1, -0.05) is 67.8 Å². The highest BCUT2D eigenvalue weighted by molar-refractivity contribution is 6.02. The molecule has 40 heavy (non-hydrogen) atoms. The van der Waals surface area contributed by atoms with Crippen LogP contribution in [-0.4, -0.2) is 33.6 Å². The van der Waals surface area contributed by atoms with Gasteiger partial charge in [-0.15, -0.1) is 0 Å². The summed E-state index contributed by atoms with van der Waals surface area (Å²) in [4.78, 5) is 40.8. The molecule has 212 valence electrons. The highest BCUT2D eigenvalue weighted by Crippen LogP contribution is 2.33. The van der Waals surface area contributed by atoms with Crippen LogP contribution in [0.5, 0.6) is 0 Å². The Morgan fingerprint density at radius 2 is 1.62 bits per heavy atom. The number of rotatable bonds is 10. The number of aromatic nitrogens is 1. The number of carbonyl (C=O) groups excluding carboxylic acids is 3. The molecule has 0 bridgehead atoms. The summed E-state index contributed by atoms with van der Waals surface area (Å²) < 4.78 is 42.5. The second-order valence-corrected chi connectivity index (χ2v) is 10.5. The van der Waals surface area contributed by atoms with Gasteiger partial charge in [-0.2, -0.15) is 13.2 Å². The summed E-state index contributed by atoms with van der Waals surface area (Å²) in [6.07, 6.45) is 1.02. The van der Waals surface area contributed by atoms with E-state index in [9.17, 15) is 27.6 Å². The van der Waals surface area contributed by atoms with Crippen LogP contribution in [0.1, 0.15) is 81.8 Å². The number of Topliss-reactive ketones (excluding diaryl/α,β-unsaturated/α-hetero) is 1. The van der Waals surface area contributed by atoms with Crippen LogP contribution in [0.15, 0.2) is 60.7 Å². The van der Waals surface area contributed by atoms with Gasteiger partial charge in [-0.05, 0) is 48.9 Å². The SMILES string of the molecule is Cc1c(C(N)=O)cc(C(=O)CN(Cc2ccccc2)C(=O)CC2CCCCC2)n1Cc1ccccc1C(F)(F)F. The molecule has 1 aliphatic carbocycles. The number of carbonyl (C=O) groups is 3. The van der Waals surface area contributed by atoms with Crippen molar-refractivity contribution >= 4 is 17.6 Å². The highest BCUT2D eigenvalue weighted by atomic mass is 19.4. The normalized spacial score (nSPS) is 14.2. The number of nitrogens with zero attached hydrogens (tertiary/aromatic N) is 2. The van der Waals surface area contributed by atoms with Gasteiger partial charge in [-0.3, -0.25) is 14.4 Å². The third kappa shape index (κ3) is 7.00. The molecule has 2 N–H and O–H groups in total. The lowest BCUT2D eigenvalue weighted by Crippen LogP contribution is -2.37. The van der Waals surface area contributed by atoms with Crippen molar-refractivity contribution in [2.24, 2.45) is 11.7 Å². The Labute approximate surface area is 232 Å². The first-order chi connectivity index (χ1) is 19.0. The van der Waals surface area contributed by atoms with Crippen molar-refractivity contribution < 1.29 is 27.6 Å². The number of nitrogens with two attached hydrogens (primary N) is 1. The Morgan fingerprint density at radius 1 is 0.975 bits per heavy atom. The van der Waals surface area contributed by atoms with Crippen molar-refractivity contribution in [2.75, 3.05) is 6.54 Å². The van der Waals surface area contributed by atoms with Crippen molar-refractivity contribution in [3.63, 3.8) is 0 Å². The Hall–Kier alpha value is -3.88. The van der Waals surface area contributed by atoms with E-state index >= 15 is 0 Å². The first-order valence-corrected chi connectivity index (χ1v) is 13.5. The van der Waals surface area contributed by atoms with E-state index in [0.29, 0.717) is 6.42 Å². The van der Waals surface area contributed by atoms with E-state index in [2.05, 4.69) is 0 Å². The standard InChI is InChI=1S/C31H34F3N3O3/c1-21-25(30(35)40)17-27(37(21)19-24-14-8-9-15-26(24)31(32,33)34)28(38)20-36(18-23-12-6-3-7-13-23)29(39)16-22-10-4-2-5-11-22/h3,6-9,12-15,17,22H,2,4-5,10-11,16,18-20H2,1H3,(H2,35,40). The molecule has 0 spiro atoms. The summed E-state index contributed by atoms with van der Waals surface area (Å²) in [6, 6.07) is 15.8.